The number of carbonyl (C=O) groups excluding carboxylic acids is 1. The molecule has 1 amide bonds. The average molecular weight is 271 g/mol. The molecule has 1 aromatic rings. The first-order valence-electron chi connectivity index (χ1n) is 6.04. The fourth-order valence-corrected chi connectivity index (χ4v) is 2.00. The largest absolute Gasteiger partial charge is 0.424 e. The smallest absolute Gasteiger partial charge is 0.226 e. The summed E-state index contributed by atoms with van der Waals surface area (Å²) in [6.07, 6.45) is 0.949. The van der Waals surface area contributed by atoms with Gasteiger partial charge in [-0.3, -0.25) is 4.79 Å². The van der Waals surface area contributed by atoms with Gasteiger partial charge in [0.25, 0.3) is 0 Å². The second kappa shape index (κ2) is 6.78. The maximum Gasteiger partial charge on any atom is 0.226 e. The van der Waals surface area contributed by atoms with Gasteiger partial charge in [0.2, 0.25) is 17.7 Å². The normalized spacial score (nSPS) is 11.6. The molecule has 0 aliphatic heterocycles. The Balaban J connectivity index is 2.20. The van der Waals surface area contributed by atoms with Gasteiger partial charge in [0.15, 0.2) is 0 Å². The summed E-state index contributed by atoms with van der Waals surface area (Å²) in [4.78, 5) is 10.6. The molecular formula is C12H21N3O2S. The third kappa shape index (κ3) is 5.53. The number of nitrogens with one attached hydrogen (secondary N) is 1. The quantitative estimate of drug-likeness (QED) is 0.803. The lowest BCUT2D eigenvalue weighted by Gasteiger charge is -2.10. The zero-order valence-electron chi connectivity index (χ0n) is 11.4. The minimum atomic E-state index is -0.0959. The zero-order chi connectivity index (χ0) is 13.6. The lowest BCUT2D eigenvalue weighted by molar-refractivity contribution is -0.118. The summed E-state index contributed by atoms with van der Waals surface area (Å²) in [6.45, 7) is 8.39. The molecule has 0 spiro atoms. The van der Waals surface area contributed by atoms with Gasteiger partial charge in [0.05, 0.1) is 5.75 Å². The van der Waals surface area contributed by atoms with Gasteiger partial charge in [-0.05, 0) is 12.2 Å². The molecule has 0 aliphatic carbocycles. The van der Waals surface area contributed by atoms with E-state index in [0.29, 0.717) is 11.8 Å². The summed E-state index contributed by atoms with van der Waals surface area (Å²) in [5, 5.41) is 10.8. The SMILES string of the molecule is CC(=O)NCCCSCc1nnc(C(C)(C)C)o1. The van der Waals surface area contributed by atoms with Crippen LogP contribution < -0.4 is 5.32 Å². The Morgan fingerprint density at radius 2 is 2.11 bits per heavy atom. The molecule has 0 radical (unpaired) electrons. The van der Waals surface area contributed by atoms with E-state index in [4.69, 9.17) is 4.42 Å². The predicted molar refractivity (Wildman–Crippen MR) is 72.5 cm³/mol. The van der Waals surface area contributed by atoms with Gasteiger partial charge in [0.1, 0.15) is 0 Å². The summed E-state index contributed by atoms with van der Waals surface area (Å²) in [7, 11) is 0. The molecule has 102 valence electrons. The first-order valence-corrected chi connectivity index (χ1v) is 7.20. The molecule has 0 bridgehead atoms. The van der Waals surface area contributed by atoms with Gasteiger partial charge in [-0.1, -0.05) is 20.8 Å². The van der Waals surface area contributed by atoms with Crippen LogP contribution in [-0.4, -0.2) is 28.4 Å². The van der Waals surface area contributed by atoms with Crippen molar-refractivity contribution in [3.63, 3.8) is 0 Å². The number of amides is 1. The van der Waals surface area contributed by atoms with Crippen LogP contribution in [0.15, 0.2) is 4.42 Å². The predicted octanol–water partition coefficient (Wildman–Crippen LogP) is 2.13. The number of hydrogen-bond donors (Lipinski definition) is 1. The molecule has 0 aromatic carbocycles. The van der Waals surface area contributed by atoms with Gasteiger partial charge in [-0.15, -0.1) is 10.2 Å². The molecule has 18 heavy (non-hydrogen) atoms. The maximum absolute atomic E-state index is 10.6. The number of aromatic nitrogens is 2. The molecule has 0 saturated heterocycles. The minimum Gasteiger partial charge on any atom is -0.424 e. The summed E-state index contributed by atoms with van der Waals surface area (Å²) in [5.41, 5.74) is -0.0959. The van der Waals surface area contributed by atoms with Gasteiger partial charge >= 0.3 is 0 Å². The molecule has 1 heterocycles. The van der Waals surface area contributed by atoms with E-state index in [0.717, 1.165) is 24.5 Å². The molecule has 0 fully saturated rings. The van der Waals surface area contributed by atoms with E-state index in [2.05, 4.69) is 15.5 Å². The van der Waals surface area contributed by atoms with Crippen molar-refractivity contribution in [3.05, 3.63) is 11.8 Å². The molecule has 0 unspecified atom stereocenters. The summed E-state index contributed by atoms with van der Waals surface area (Å²) >= 11 is 1.73. The van der Waals surface area contributed by atoms with Crippen molar-refractivity contribution in [3.8, 4) is 0 Å². The van der Waals surface area contributed by atoms with Crippen molar-refractivity contribution < 1.29 is 9.21 Å². The number of hydrogen-bond acceptors (Lipinski definition) is 5. The molecular weight excluding hydrogens is 250 g/mol. The number of rotatable bonds is 6. The van der Waals surface area contributed by atoms with Crippen molar-refractivity contribution in [1.29, 1.82) is 0 Å². The molecule has 5 nitrogen and oxygen atoms in total. The lowest BCUT2D eigenvalue weighted by Crippen LogP contribution is -2.21. The summed E-state index contributed by atoms with van der Waals surface area (Å²) < 4.78 is 5.58. The summed E-state index contributed by atoms with van der Waals surface area (Å²) in [5.74, 6) is 3.06. The van der Waals surface area contributed by atoms with E-state index >= 15 is 0 Å². The Kier molecular flexibility index (Phi) is 5.65. The fraction of sp³-hybridized carbons (Fsp3) is 0.750. The highest BCUT2D eigenvalue weighted by Gasteiger charge is 2.21. The fourth-order valence-electron chi connectivity index (χ4n) is 1.21. The summed E-state index contributed by atoms with van der Waals surface area (Å²) in [6, 6.07) is 0. The average Bonchev–Trinajstić information content (AvgIpc) is 2.71. The van der Waals surface area contributed by atoms with Crippen molar-refractivity contribution in [2.24, 2.45) is 0 Å². The van der Waals surface area contributed by atoms with Gasteiger partial charge in [-0.25, -0.2) is 0 Å². The monoisotopic (exact) mass is 271 g/mol. The molecule has 1 aromatic heterocycles. The van der Waals surface area contributed by atoms with Crippen LogP contribution in [0.2, 0.25) is 0 Å². The van der Waals surface area contributed by atoms with Crippen LogP contribution in [0.3, 0.4) is 0 Å². The standard InChI is InChI=1S/C12H21N3O2S/c1-9(16)13-6-5-7-18-8-10-14-15-11(17-10)12(2,3)4/h5-8H2,1-4H3,(H,13,16). The van der Waals surface area contributed by atoms with E-state index < -0.39 is 0 Å². The number of carbonyl (C=O) groups is 1. The highest BCUT2D eigenvalue weighted by atomic mass is 32.2. The number of nitrogens with zero attached hydrogens (tertiary/aromatic N) is 2. The Hall–Kier alpha value is -1.04. The van der Waals surface area contributed by atoms with E-state index in [1.165, 1.54) is 6.92 Å². The minimum absolute atomic E-state index is 0.0201. The lowest BCUT2D eigenvalue weighted by atomic mass is 9.97. The van der Waals surface area contributed by atoms with Crippen molar-refractivity contribution in [1.82, 2.24) is 15.5 Å². The van der Waals surface area contributed by atoms with E-state index in [1.807, 2.05) is 20.8 Å². The van der Waals surface area contributed by atoms with Crippen LogP contribution in [0.5, 0.6) is 0 Å². The molecule has 0 atom stereocenters. The molecule has 1 rings (SSSR count). The van der Waals surface area contributed by atoms with Crippen molar-refractivity contribution in [2.75, 3.05) is 12.3 Å². The second-order valence-electron chi connectivity index (χ2n) is 5.14. The first kappa shape index (κ1) is 15.0. The topological polar surface area (TPSA) is 68.0 Å². The van der Waals surface area contributed by atoms with Crippen molar-refractivity contribution in [2.45, 2.75) is 45.3 Å². The Morgan fingerprint density at radius 3 is 2.67 bits per heavy atom. The van der Waals surface area contributed by atoms with Gasteiger partial charge < -0.3 is 9.73 Å². The number of thioether (sulfide) groups is 1. The Bertz CT molecular complexity index is 385. The van der Waals surface area contributed by atoms with E-state index in [-0.39, 0.29) is 11.3 Å². The maximum atomic E-state index is 10.6. The Morgan fingerprint density at radius 1 is 1.39 bits per heavy atom. The van der Waals surface area contributed by atoms with Crippen LogP contribution in [-0.2, 0) is 16.0 Å². The van der Waals surface area contributed by atoms with E-state index in [1.54, 1.807) is 11.8 Å². The van der Waals surface area contributed by atoms with Crippen LogP contribution in [0.4, 0.5) is 0 Å². The highest BCUT2D eigenvalue weighted by molar-refractivity contribution is 7.98. The van der Waals surface area contributed by atoms with Gasteiger partial charge in [0, 0.05) is 18.9 Å². The molecule has 0 saturated carbocycles. The Labute approximate surface area is 112 Å². The second-order valence-corrected chi connectivity index (χ2v) is 6.25. The van der Waals surface area contributed by atoms with Crippen LogP contribution in [0.25, 0.3) is 0 Å². The third-order valence-electron chi connectivity index (χ3n) is 2.17. The van der Waals surface area contributed by atoms with Gasteiger partial charge in [-0.2, -0.15) is 11.8 Å². The van der Waals surface area contributed by atoms with E-state index in [9.17, 15) is 4.79 Å². The highest BCUT2D eigenvalue weighted by Crippen LogP contribution is 2.21. The molecule has 0 aliphatic rings. The van der Waals surface area contributed by atoms with Crippen LogP contribution in [0, 0.1) is 0 Å². The van der Waals surface area contributed by atoms with Crippen molar-refractivity contribution >= 4 is 17.7 Å². The molecule has 1 N–H and O–H groups in total. The van der Waals surface area contributed by atoms with Crippen LogP contribution in [0.1, 0.15) is 45.9 Å². The molecule has 6 heteroatoms. The zero-order valence-corrected chi connectivity index (χ0v) is 12.3. The van der Waals surface area contributed by atoms with Crippen LogP contribution >= 0.6 is 11.8 Å². The third-order valence-corrected chi connectivity index (χ3v) is 3.20. The first-order chi connectivity index (χ1) is 8.39.